The summed E-state index contributed by atoms with van der Waals surface area (Å²) in [5, 5.41) is 0. The van der Waals surface area contributed by atoms with E-state index in [9.17, 15) is 14.4 Å². The molecule has 2 saturated heterocycles. The van der Waals surface area contributed by atoms with Gasteiger partial charge in [-0.3, -0.25) is 19.3 Å². The van der Waals surface area contributed by atoms with Crippen LogP contribution in [0.1, 0.15) is 48.5 Å². The van der Waals surface area contributed by atoms with E-state index in [0.717, 1.165) is 25.1 Å². The Morgan fingerprint density at radius 2 is 1.78 bits per heavy atom. The van der Waals surface area contributed by atoms with Crippen molar-refractivity contribution in [1.82, 2.24) is 9.80 Å². The number of carbonyl (C=O) groups is 3. The van der Waals surface area contributed by atoms with Crippen LogP contribution in [-0.2, 0) is 16.1 Å². The molecule has 3 amide bonds. The van der Waals surface area contributed by atoms with Crippen molar-refractivity contribution in [2.45, 2.75) is 39.2 Å². The third-order valence-corrected chi connectivity index (χ3v) is 4.64. The Morgan fingerprint density at radius 3 is 2.39 bits per heavy atom. The Bertz CT molecular complexity index is 608. The quantitative estimate of drug-likeness (QED) is 0.804. The topological polar surface area (TPSA) is 57.7 Å². The molecule has 1 atom stereocenters. The van der Waals surface area contributed by atoms with E-state index >= 15 is 0 Å². The maximum absolute atomic E-state index is 12.5. The SMILES string of the molecule is CC1CCCN(C(=O)c2ccc(CN3C(=O)CCC3=O)cc2)C1. The van der Waals surface area contributed by atoms with Gasteiger partial charge in [0.1, 0.15) is 0 Å². The fourth-order valence-corrected chi connectivity index (χ4v) is 3.29. The Hall–Kier alpha value is -2.17. The summed E-state index contributed by atoms with van der Waals surface area (Å²) < 4.78 is 0. The molecule has 1 unspecified atom stereocenters. The summed E-state index contributed by atoms with van der Waals surface area (Å²) >= 11 is 0. The molecule has 0 N–H and O–H groups in total. The lowest BCUT2D eigenvalue weighted by molar-refractivity contribution is -0.139. The highest BCUT2D eigenvalue weighted by Crippen LogP contribution is 2.19. The monoisotopic (exact) mass is 314 g/mol. The number of nitrogens with zero attached hydrogens (tertiary/aromatic N) is 2. The molecule has 5 heteroatoms. The van der Waals surface area contributed by atoms with Crippen molar-refractivity contribution in [1.29, 1.82) is 0 Å². The molecule has 0 aromatic heterocycles. The Labute approximate surface area is 136 Å². The van der Waals surface area contributed by atoms with Crippen LogP contribution >= 0.6 is 0 Å². The lowest BCUT2D eigenvalue weighted by Gasteiger charge is -2.31. The highest BCUT2D eigenvalue weighted by Gasteiger charge is 2.28. The number of hydrogen-bond acceptors (Lipinski definition) is 3. The second-order valence-electron chi connectivity index (χ2n) is 6.57. The van der Waals surface area contributed by atoms with E-state index in [1.165, 1.54) is 11.3 Å². The van der Waals surface area contributed by atoms with Gasteiger partial charge in [0, 0.05) is 31.5 Å². The van der Waals surface area contributed by atoms with Crippen molar-refractivity contribution in [3.63, 3.8) is 0 Å². The van der Waals surface area contributed by atoms with Gasteiger partial charge >= 0.3 is 0 Å². The van der Waals surface area contributed by atoms with E-state index in [1.54, 1.807) is 12.1 Å². The molecule has 0 bridgehead atoms. The van der Waals surface area contributed by atoms with Crippen molar-refractivity contribution in [2.24, 2.45) is 5.92 Å². The molecule has 3 rings (SSSR count). The van der Waals surface area contributed by atoms with Gasteiger partial charge < -0.3 is 4.90 Å². The zero-order valence-corrected chi connectivity index (χ0v) is 13.5. The number of imide groups is 1. The summed E-state index contributed by atoms with van der Waals surface area (Å²) in [5.41, 5.74) is 1.54. The molecular formula is C18H22N2O3. The van der Waals surface area contributed by atoms with E-state index in [0.29, 0.717) is 30.9 Å². The number of benzene rings is 1. The van der Waals surface area contributed by atoms with Crippen LogP contribution in [0, 0.1) is 5.92 Å². The van der Waals surface area contributed by atoms with Crippen LogP contribution in [0.3, 0.4) is 0 Å². The van der Waals surface area contributed by atoms with E-state index in [4.69, 9.17) is 0 Å². The predicted octanol–water partition coefficient (Wildman–Crippen LogP) is 2.21. The van der Waals surface area contributed by atoms with Crippen LogP contribution in [-0.4, -0.2) is 40.6 Å². The lowest BCUT2D eigenvalue weighted by atomic mass is 9.99. The Kier molecular flexibility index (Phi) is 4.46. The highest BCUT2D eigenvalue weighted by atomic mass is 16.2. The van der Waals surface area contributed by atoms with Crippen molar-refractivity contribution in [2.75, 3.05) is 13.1 Å². The average Bonchev–Trinajstić information content (AvgIpc) is 2.87. The summed E-state index contributed by atoms with van der Waals surface area (Å²) in [6.45, 7) is 4.11. The third-order valence-electron chi connectivity index (χ3n) is 4.64. The van der Waals surface area contributed by atoms with Crippen LogP contribution in [0.4, 0.5) is 0 Å². The van der Waals surface area contributed by atoms with E-state index in [2.05, 4.69) is 6.92 Å². The number of rotatable bonds is 3. The summed E-state index contributed by atoms with van der Waals surface area (Å²) in [6.07, 6.45) is 2.86. The standard InChI is InChI=1S/C18H22N2O3/c1-13-3-2-10-19(11-13)18(23)15-6-4-14(5-7-15)12-20-16(21)8-9-17(20)22/h4-7,13H,2-3,8-12H2,1H3. The first-order valence-corrected chi connectivity index (χ1v) is 8.26. The van der Waals surface area contributed by atoms with Gasteiger partial charge in [0.2, 0.25) is 11.8 Å². The molecule has 5 nitrogen and oxygen atoms in total. The molecule has 2 aliphatic rings. The van der Waals surface area contributed by atoms with Crippen molar-refractivity contribution in [3.05, 3.63) is 35.4 Å². The predicted molar refractivity (Wildman–Crippen MR) is 85.5 cm³/mol. The summed E-state index contributed by atoms with van der Waals surface area (Å²) in [6, 6.07) is 7.25. The second-order valence-corrected chi connectivity index (χ2v) is 6.57. The largest absolute Gasteiger partial charge is 0.338 e. The number of likely N-dealkylation sites (tertiary alicyclic amines) is 2. The molecule has 0 radical (unpaired) electrons. The number of amides is 3. The van der Waals surface area contributed by atoms with Gasteiger partial charge in [-0.2, -0.15) is 0 Å². The van der Waals surface area contributed by atoms with Crippen molar-refractivity contribution in [3.8, 4) is 0 Å². The second kappa shape index (κ2) is 6.52. The van der Waals surface area contributed by atoms with Crippen LogP contribution < -0.4 is 0 Å². The van der Waals surface area contributed by atoms with Gasteiger partial charge in [0.05, 0.1) is 6.54 Å². The van der Waals surface area contributed by atoms with Gasteiger partial charge in [-0.05, 0) is 36.5 Å². The molecule has 1 aromatic rings. The van der Waals surface area contributed by atoms with Crippen molar-refractivity contribution < 1.29 is 14.4 Å². The minimum atomic E-state index is -0.113. The molecule has 0 aliphatic carbocycles. The Morgan fingerprint density at radius 1 is 1.13 bits per heavy atom. The number of hydrogen-bond donors (Lipinski definition) is 0. The minimum Gasteiger partial charge on any atom is -0.338 e. The van der Waals surface area contributed by atoms with Crippen LogP contribution in [0.5, 0.6) is 0 Å². The van der Waals surface area contributed by atoms with Crippen LogP contribution in [0.2, 0.25) is 0 Å². The fourth-order valence-electron chi connectivity index (χ4n) is 3.29. The average molecular weight is 314 g/mol. The molecular weight excluding hydrogens is 292 g/mol. The molecule has 1 aromatic carbocycles. The van der Waals surface area contributed by atoms with Gasteiger partial charge in [0.25, 0.3) is 5.91 Å². The van der Waals surface area contributed by atoms with Crippen LogP contribution in [0.15, 0.2) is 24.3 Å². The van der Waals surface area contributed by atoms with Gasteiger partial charge in [-0.25, -0.2) is 0 Å². The minimum absolute atomic E-state index is 0.0661. The lowest BCUT2D eigenvalue weighted by Crippen LogP contribution is -2.39. The maximum Gasteiger partial charge on any atom is 0.253 e. The number of carbonyl (C=O) groups excluding carboxylic acids is 3. The van der Waals surface area contributed by atoms with E-state index < -0.39 is 0 Å². The van der Waals surface area contributed by atoms with Gasteiger partial charge in [-0.15, -0.1) is 0 Å². The van der Waals surface area contributed by atoms with Gasteiger partial charge in [-0.1, -0.05) is 19.1 Å². The number of piperidine rings is 1. The summed E-state index contributed by atoms with van der Waals surface area (Å²) in [5.74, 6) is 0.394. The third kappa shape index (κ3) is 3.44. The van der Waals surface area contributed by atoms with Gasteiger partial charge in [0.15, 0.2) is 0 Å². The first-order chi connectivity index (χ1) is 11.0. The maximum atomic E-state index is 12.5. The molecule has 122 valence electrons. The van der Waals surface area contributed by atoms with E-state index in [1.807, 2.05) is 17.0 Å². The fraction of sp³-hybridized carbons (Fsp3) is 0.500. The van der Waals surface area contributed by atoms with Crippen LogP contribution in [0.25, 0.3) is 0 Å². The molecule has 23 heavy (non-hydrogen) atoms. The summed E-state index contributed by atoms with van der Waals surface area (Å²) in [7, 11) is 0. The first-order valence-electron chi connectivity index (χ1n) is 8.26. The molecule has 0 saturated carbocycles. The zero-order chi connectivity index (χ0) is 16.4. The molecule has 0 spiro atoms. The first kappa shape index (κ1) is 15.7. The molecule has 2 aliphatic heterocycles. The highest BCUT2D eigenvalue weighted by molar-refractivity contribution is 6.01. The smallest absolute Gasteiger partial charge is 0.253 e. The van der Waals surface area contributed by atoms with E-state index in [-0.39, 0.29) is 17.7 Å². The zero-order valence-electron chi connectivity index (χ0n) is 13.5. The van der Waals surface area contributed by atoms with Crippen molar-refractivity contribution >= 4 is 17.7 Å². The summed E-state index contributed by atoms with van der Waals surface area (Å²) in [4.78, 5) is 39.0. The molecule has 2 heterocycles. The normalized spacial score (nSPS) is 21.9. The molecule has 2 fully saturated rings. The Balaban J connectivity index is 1.66.